The highest BCUT2D eigenvalue weighted by molar-refractivity contribution is 5.76. The van der Waals surface area contributed by atoms with Crippen molar-refractivity contribution in [2.45, 2.75) is 30.0 Å². The fourth-order valence-electron chi connectivity index (χ4n) is 3.15. The van der Waals surface area contributed by atoms with E-state index >= 15 is 0 Å². The van der Waals surface area contributed by atoms with Gasteiger partial charge in [-0.1, -0.05) is 0 Å². The summed E-state index contributed by atoms with van der Waals surface area (Å²) < 4.78 is 1.48. The first-order chi connectivity index (χ1) is 8.42. The lowest BCUT2D eigenvalue weighted by molar-refractivity contribution is -0.728. The average molecular weight is 258 g/mol. The molecule has 3 aliphatic heterocycles. The summed E-state index contributed by atoms with van der Waals surface area (Å²) in [6, 6.07) is -1.22. The van der Waals surface area contributed by atoms with Crippen LogP contribution < -0.4 is 27.1 Å². The van der Waals surface area contributed by atoms with E-state index < -0.39 is 23.5 Å². The van der Waals surface area contributed by atoms with E-state index in [9.17, 15) is 15.3 Å². The third-order valence-corrected chi connectivity index (χ3v) is 4.03. The Bertz CT molecular complexity index is 465. The summed E-state index contributed by atoms with van der Waals surface area (Å²) in [7, 11) is 0. The minimum absolute atomic E-state index is 0.162. The van der Waals surface area contributed by atoms with Crippen molar-refractivity contribution in [1.29, 1.82) is 0 Å². The molecule has 1 saturated heterocycles. The van der Waals surface area contributed by atoms with Crippen LogP contribution in [0.4, 0.5) is 0 Å². The average Bonchev–Trinajstić information content (AvgIpc) is 2.56. The summed E-state index contributed by atoms with van der Waals surface area (Å²) in [5.41, 5.74) is 8.26. The Labute approximate surface area is 103 Å². The minimum Gasteiger partial charge on any atom is -0.393 e. The van der Waals surface area contributed by atoms with Crippen LogP contribution in [0.5, 0.6) is 0 Å². The second-order valence-corrected chi connectivity index (χ2v) is 4.97. The maximum absolute atomic E-state index is 10.9. The normalized spacial score (nSPS) is 46.1. The van der Waals surface area contributed by atoms with Gasteiger partial charge in [0.25, 0.3) is 11.4 Å². The van der Waals surface area contributed by atoms with Crippen LogP contribution in [-0.4, -0.2) is 68.5 Å². The van der Waals surface area contributed by atoms with Crippen molar-refractivity contribution in [3.8, 4) is 0 Å². The van der Waals surface area contributed by atoms with Gasteiger partial charge in [0.1, 0.15) is 6.04 Å². The molecular weight excluding hydrogens is 240 g/mol. The Morgan fingerprint density at radius 2 is 2.17 bits per heavy atom. The number of guanidine groups is 2. The number of nitrogens with one attached hydrogen (secondary N) is 3. The van der Waals surface area contributed by atoms with Gasteiger partial charge in [0.15, 0.2) is 6.04 Å². The van der Waals surface area contributed by atoms with Crippen molar-refractivity contribution in [3.63, 3.8) is 0 Å². The van der Waals surface area contributed by atoms with E-state index in [1.807, 2.05) is 0 Å². The maximum Gasteiger partial charge on any atom is 0.346 e. The molecule has 18 heavy (non-hydrogen) atoms. The van der Waals surface area contributed by atoms with Crippen molar-refractivity contribution < 1.29 is 24.9 Å². The van der Waals surface area contributed by atoms with E-state index in [0.29, 0.717) is 6.54 Å². The van der Waals surface area contributed by atoms with Gasteiger partial charge in [0.05, 0.1) is 13.2 Å². The highest BCUT2D eigenvalue weighted by Crippen LogP contribution is 2.36. The molecule has 0 spiro atoms. The Morgan fingerprint density at radius 1 is 1.44 bits per heavy atom. The summed E-state index contributed by atoms with van der Waals surface area (Å²) in [6.07, 6.45) is 0.267. The van der Waals surface area contributed by atoms with Gasteiger partial charge in [0.2, 0.25) is 0 Å². The number of aliphatic hydroxyl groups is 3. The molecule has 9 nitrogen and oxygen atoms in total. The number of hydrogen-bond acceptors (Lipinski definition) is 7. The lowest BCUT2D eigenvalue weighted by Gasteiger charge is -2.44. The number of hydrogen-bond donors (Lipinski definition) is 8. The first-order valence-corrected chi connectivity index (χ1v) is 5.82. The van der Waals surface area contributed by atoms with Crippen LogP contribution in [0.2, 0.25) is 0 Å². The third kappa shape index (κ3) is 1.11. The molecule has 0 aromatic rings. The van der Waals surface area contributed by atoms with Gasteiger partial charge in [-0.2, -0.15) is 0 Å². The Balaban J connectivity index is 2.20. The van der Waals surface area contributed by atoms with Crippen LogP contribution in [0.25, 0.3) is 0 Å². The van der Waals surface area contributed by atoms with E-state index in [1.165, 1.54) is 4.58 Å². The lowest BCUT2D eigenvalue weighted by Crippen LogP contribution is -3.02. The number of rotatable bonds is 1. The van der Waals surface area contributed by atoms with Crippen LogP contribution in [0.1, 0.15) is 6.42 Å². The monoisotopic (exact) mass is 258 g/mol. The molecule has 0 saturated carbocycles. The van der Waals surface area contributed by atoms with Crippen LogP contribution >= 0.6 is 0 Å². The standard InChI is InChI=1S/C9H16N6O3/c10-6-13-5-4(3-16)12-7(11)15-2-1-8(17,14-6)9(5,15)18/h4-5,16-18H,1-3H2,(H5,10,11,12,13,14)/p+2/t4-,5-,8-,9-/m0/s1. The van der Waals surface area contributed by atoms with Gasteiger partial charge >= 0.3 is 11.9 Å². The molecular formula is C9H18N6O3+2. The van der Waals surface area contributed by atoms with E-state index in [4.69, 9.17) is 11.5 Å². The summed E-state index contributed by atoms with van der Waals surface area (Å²) in [5, 5.41) is 36.4. The van der Waals surface area contributed by atoms with Crippen molar-refractivity contribution in [2.24, 2.45) is 11.5 Å². The zero-order valence-corrected chi connectivity index (χ0v) is 9.72. The van der Waals surface area contributed by atoms with Gasteiger partial charge < -0.3 is 15.3 Å². The molecule has 0 radical (unpaired) electrons. The zero-order valence-electron chi connectivity index (χ0n) is 9.72. The molecule has 3 aliphatic rings. The van der Waals surface area contributed by atoms with Crippen LogP contribution in [0.3, 0.4) is 0 Å². The lowest BCUT2D eigenvalue weighted by atomic mass is 9.86. The van der Waals surface area contributed by atoms with Crippen LogP contribution in [-0.2, 0) is 0 Å². The van der Waals surface area contributed by atoms with E-state index in [2.05, 4.69) is 15.6 Å². The summed E-state index contributed by atoms with van der Waals surface area (Å²) in [5.74, 6) is 0.391. The molecule has 100 valence electrons. The van der Waals surface area contributed by atoms with Crippen molar-refractivity contribution in [2.75, 3.05) is 13.2 Å². The molecule has 0 unspecified atom stereocenters. The Kier molecular flexibility index (Phi) is 2.08. The number of nitrogens with zero attached hydrogens (tertiary/aromatic N) is 1. The van der Waals surface area contributed by atoms with E-state index in [-0.39, 0.29) is 24.9 Å². The topological polar surface area (TPSA) is 154 Å². The summed E-state index contributed by atoms with van der Waals surface area (Å²) in [6.45, 7) is 0.125. The number of nitrogens with two attached hydrogens (primary N) is 2. The Morgan fingerprint density at radius 3 is 2.83 bits per heavy atom. The molecule has 0 amide bonds. The van der Waals surface area contributed by atoms with E-state index in [1.54, 1.807) is 0 Å². The fourth-order valence-corrected chi connectivity index (χ4v) is 3.15. The highest BCUT2D eigenvalue weighted by atomic mass is 16.4. The van der Waals surface area contributed by atoms with Gasteiger partial charge in [-0.15, -0.1) is 0 Å². The van der Waals surface area contributed by atoms with Crippen LogP contribution in [0, 0.1) is 0 Å². The predicted octanol–water partition coefficient (Wildman–Crippen LogP) is -6.57. The minimum atomic E-state index is -1.65. The first-order valence-electron chi connectivity index (χ1n) is 5.82. The van der Waals surface area contributed by atoms with Crippen molar-refractivity contribution in [3.05, 3.63) is 0 Å². The largest absolute Gasteiger partial charge is 0.393 e. The zero-order chi connectivity index (χ0) is 13.1. The molecule has 0 aromatic carbocycles. The smallest absolute Gasteiger partial charge is 0.346 e. The number of aliphatic hydroxyl groups excluding tert-OH is 1. The highest BCUT2D eigenvalue weighted by Gasteiger charge is 2.73. The van der Waals surface area contributed by atoms with Gasteiger partial charge in [-0.05, 0) is 0 Å². The molecule has 0 aliphatic carbocycles. The van der Waals surface area contributed by atoms with Gasteiger partial charge in [-0.3, -0.25) is 21.8 Å². The molecule has 1 fully saturated rings. The van der Waals surface area contributed by atoms with E-state index in [0.717, 1.165) is 0 Å². The summed E-state index contributed by atoms with van der Waals surface area (Å²) in [4.78, 5) is 2.85. The van der Waals surface area contributed by atoms with Gasteiger partial charge in [-0.25, -0.2) is 9.89 Å². The second kappa shape index (κ2) is 3.25. The molecule has 10 N–H and O–H groups in total. The molecule has 0 bridgehead atoms. The maximum atomic E-state index is 10.9. The van der Waals surface area contributed by atoms with Crippen molar-refractivity contribution >= 4 is 11.9 Å². The quantitative estimate of drug-likeness (QED) is 0.217. The fraction of sp³-hybridized carbons (Fsp3) is 0.778. The van der Waals surface area contributed by atoms with Crippen LogP contribution in [0.15, 0.2) is 0 Å². The molecule has 9 heteroatoms. The summed E-state index contributed by atoms with van der Waals surface area (Å²) >= 11 is 0. The SMILES string of the molecule is NC1=[NH+][C@H]2[C@H](CO)NC(N)=[N+]3CC[C@@](O)(N1)[C@@]23O. The molecule has 0 aromatic heterocycles. The second-order valence-electron chi connectivity index (χ2n) is 4.97. The molecule has 3 rings (SSSR count). The predicted molar refractivity (Wildman–Crippen MR) is 59.9 cm³/mol. The van der Waals surface area contributed by atoms with Gasteiger partial charge in [0, 0.05) is 6.42 Å². The third-order valence-electron chi connectivity index (χ3n) is 4.03. The van der Waals surface area contributed by atoms with Crippen molar-refractivity contribution in [1.82, 2.24) is 10.6 Å². The molecule has 4 atom stereocenters. The molecule has 3 heterocycles. The Hall–Kier alpha value is -1.58. The first kappa shape index (κ1) is 11.5.